The number of ether oxygens (including phenoxy) is 1. The molecule has 1 unspecified atom stereocenters. The van der Waals surface area contributed by atoms with Crippen LogP contribution in [-0.2, 0) is 43.1 Å². The smallest absolute Gasteiger partial charge is 0.416 e. The first kappa shape index (κ1) is 22.3. The monoisotopic (exact) mass is 462 g/mol. The topological polar surface area (TPSA) is 66.5 Å². The minimum Gasteiger partial charge on any atom is -0.482 e. The highest BCUT2D eigenvalue weighted by Gasteiger charge is 2.32. The second-order valence-electron chi connectivity index (χ2n) is 7.64. The Morgan fingerprint density at radius 1 is 1.09 bits per heavy atom. The summed E-state index contributed by atoms with van der Waals surface area (Å²) in [5.41, 5.74) is 1.37. The van der Waals surface area contributed by atoms with Gasteiger partial charge in [0.15, 0.2) is 0 Å². The highest BCUT2D eigenvalue weighted by molar-refractivity contribution is 7.85. The summed E-state index contributed by atoms with van der Waals surface area (Å²) in [4.78, 5) is 15.2. The van der Waals surface area contributed by atoms with Gasteiger partial charge < -0.3 is 9.15 Å². The number of alkyl halides is 3. The van der Waals surface area contributed by atoms with Gasteiger partial charge in [0.2, 0.25) is 11.2 Å². The van der Waals surface area contributed by atoms with Crippen molar-refractivity contribution in [2.45, 2.75) is 37.3 Å². The number of fused-ring (bicyclic) bond motifs is 1. The lowest BCUT2D eigenvalue weighted by atomic mass is 10.1. The van der Waals surface area contributed by atoms with Crippen LogP contribution in [0.15, 0.2) is 68.9 Å². The van der Waals surface area contributed by atoms with Gasteiger partial charge in [-0.3, -0.25) is 14.5 Å². The number of nitrogens with one attached hydrogen (secondary N) is 1. The highest BCUT2D eigenvalue weighted by Crippen LogP contribution is 2.33. The van der Waals surface area contributed by atoms with E-state index < -0.39 is 22.4 Å². The molecule has 3 aromatic rings. The maximum absolute atomic E-state index is 12.9. The molecule has 0 amide bonds. The van der Waals surface area contributed by atoms with Crippen molar-refractivity contribution in [2.24, 2.45) is 0 Å². The lowest BCUT2D eigenvalue weighted by Gasteiger charge is -2.14. The number of hydrogen-bond donors (Lipinski definition) is 1. The van der Waals surface area contributed by atoms with E-state index in [0.29, 0.717) is 31.0 Å². The summed E-state index contributed by atoms with van der Waals surface area (Å²) >= 11 is 0. The summed E-state index contributed by atoms with van der Waals surface area (Å²) < 4.78 is 57.6. The molecular formula is C23H21F3N2O3S. The molecule has 4 rings (SSSR count). The zero-order valence-electron chi connectivity index (χ0n) is 17.2. The molecule has 0 fully saturated rings. The van der Waals surface area contributed by atoms with Gasteiger partial charge in [-0.2, -0.15) is 13.2 Å². The van der Waals surface area contributed by atoms with Crippen molar-refractivity contribution in [3.05, 3.63) is 93.0 Å². The first-order chi connectivity index (χ1) is 15.2. The molecule has 0 spiro atoms. The lowest BCUT2D eigenvalue weighted by Crippen LogP contribution is -2.17. The largest absolute Gasteiger partial charge is 0.482 e. The van der Waals surface area contributed by atoms with Gasteiger partial charge in [0, 0.05) is 24.1 Å². The number of rotatable bonds is 6. The quantitative estimate of drug-likeness (QED) is 0.552. The normalized spacial score (nSPS) is 14.9. The molecule has 0 aliphatic carbocycles. The molecule has 9 heteroatoms. The van der Waals surface area contributed by atoms with Crippen molar-refractivity contribution in [1.29, 1.82) is 4.78 Å². The zero-order valence-corrected chi connectivity index (χ0v) is 18.1. The third-order valence-electron chi connectivity index (χ3n) is 5.22. The molecule has 1 aliphatic heterocycles. The number of hydrogen-bond acceptors (Lipinski definition) is 5. The van der Waals surface area contributed by atoms with Gasteiger partial charge in [-0.1, -0.05) is 28.9 Å². The molecule has 0 saturated carbocycles. The molecule has 168 valence electrons. The summed E-state index contributed by atoms with van der Waals surface area (Å²) in [6, 6.07) is 12.6. The second-order valence-corrected chi connectivity index (χ2v) is 9.14. The first-order valence-electron chi connectivity index (χ1n) is 9.81. The maximum atomic E-state index is 12.9. The van der Waals surface area contributed by atoms with Crippen LogP contribution in [0.3, 0.4) is 0 Å². The van der Waals surface area contributed by atoms with Crippen LogP contribution in [0.5, 0.6) is 5.75 Å². The van der Waals surface area contributed by atoms with Gasteiger partial charge in [0.25, 0.3) is 0 Å². The Morgan fingerprint density at radius 3 is 2.47 bits per heavy atom. The molecule has 2 aromatic carbocycles. The van der Waals surface area contributed by atoms with Gasteiger partial charge in [-0.25, -0.2) is 0 Å². The molecule has 1 N–H and O–H groups in total. The van der Waals surface area contributed by atoms with Crippen molar-refractivity contribution in [1.82, 2.24) is 4.90 Å². The van der Waals surface area contributed by atoms with Gasteiger partial charge >= 0.3 is 6.18 Å². The molecule has 1 atom stereocenters. The van der Waals surface area contributed by atoms with E-state index in [-0.39, 0.29) is 17.8 Å². The van der Waals surface area contributed by atoms with Crippen molar-refractivity contribution in [3.8, 4) is 5.75 Å². The van der Waals surface area contributed by atoms with Crippen LogP contribution in [0.1, 0.15) is 28.0 Å². The first-order valence-corrected chi connectivity index (χ1v) is 11.4. The molecular weight excluding hydrogens is 441 g/mol. The van der Waals surface area contributed by atoms with E-state index in [1.807, 2.05) is 35.4 Å². The maximum Gasteiger partial charge on any atom is 0.416 e. The van der Waals surface area contributed by atoms with Crippen LogP contribution < -0.4 is 10.2 Å². The fourth-order valence-electron chi connectivity index (χ4n) is 3.55. The zero-order chi connectivity index (χ0) is 22.9. The summed E-state index contributed by atoms with van der Waals surface area (Å²) in [6.45, 7) is 1.35. The lowest BCUT2D eigenvalue weighted by molar-refractivity contribution is -0.137. The Bertz CT molecular complexity index is 1210. The van der Waals surface area contributed by atoms with Crippen LogP contribution in [0.25, 0.3) is 0 Å². The molecule has 2 heterocycles. The van der Waals surface area contributed by atoms with Crippen molar-refractivity contribution >= 4 is 10.7 Å². The van der Waals surface area contributed by atoms with E-state index in [4.69, 9.17) is 13.9 Å². The van der Waals surface area contributed by atoms with Gasteiger partial charge in [0.1, 0.15) is 18.6 Å². The van der Waals surface area contributed by atoms with Crippen LogP contribution in [-0.4, -0.2) is 11.2 Å². The summed E-state index contributed by atoms with van der Waals surface area (Å²) in [6.07, 6.45) is -1.28. The SMILES string of the molecule is CS(=N)c1ccc(COc2coc(CN3Cc4ccc(C(F)(F)F)cc4C3)cc2=O)cc1. The van der Waals surface area contributed by atoms with Crippen LogP contribution in [0, 0.1) is 4.78 Å². The Kier molecular flexibility index (Phi) is 6.21. The second kappa shape index (κ2) is 8.91. The number of nitrogens with zero attached hydrogens (tertiary/aromatic N) is 1. The molecule has 5 nitrogen and oxygen atoms in total. The minimum absolute atomic E-state index is 0.0908. The van der Waals surface area contributed by atoms with Crippen LogP contribution in [0.2, 0.25) is 0 Å². The van der Waals surface area contributed by atoms with Crippen molar-refractivity contribution in [2.75, 3.05) is 6.26 Å². The van der Waals surface area contributed by atoms with Crippen LogP contribution >= 0.6 is 0 Å². The van der Waals surface area contributed by atoms with E-state index in [1.165, 1.54) is 24.5 Å². The molecule has 1 aromatic heterocycles. The summed E-state index contributed by atoms with van der Waals surface area (Å²) in [5, 5.41) is 0. The third kappa shape index (κ3) is 5.11. The molecule has 32 heavy (non-hydrogen) atoms. The molecule has 0 bridgehead atoms. The number of benzene rings is 2. The standard InChI is InChI=1S/C23H21F3N2O3S/c1-32(27)20-6-2-15(3-7-20)13-31-22-14-30-19(9-21(22)29)12-28-10-16-4-5-18(23(24,25)26)8-17(16)11-28/h2-9,14,27H,10-13H2,1H3. The molecule has 0 radical (unpaired) electrons. The fourth-order valence-corrected chi connectivity index (χ4v) is 4.10. The highest BCUT2D eigenvalue weighted by atomic mass is 32.2. The van der Waals surface area contributed by atoms with E-state index in [1.54, 1.807) is 0 Å². The Balaban J connectivity index is 1.37. The van der Waals surface area contributed by atoms with E-state index >= 15 is 0 Å². The summed E-state index contributed by atoms with van der Waals surface area (Å²) in [5.74, 6) is 0.508. The predicted octanol–water partition coefficient (Wildman–Crippen LogP) is 5.12. The van der Waals surface area contributed by atoms with Gasteiger partial charge in [0.05, 0.1) is 12.1 Å². The van der Waals surface area contributed by atoms with Gasteiger partial charge in [-0.05, 0) is 47.2 Å². The van der Waals surface area contributed by atoms with Crippen molar-refractivity contribution in [3.63, 3.8) is 0 Å². The van der Waals surface area contributed by atoms with Gasteiger partial charge in [-0.15, -0.1) is 0 Å². The average Bonchev–Trinajstić information content (AvgIpc) is 3.14. The number of halogens is 3. The summed E-state index contributed by atoms with van der Waals surface area (Å²) in [7, 11) is -0.564. The fraction of sp³-hybridized carbons (Fsp3) is 0.261. The minimum atomic E-state index is -4.37. The van der Waals surface area contributed by atoms with Crippen molar-refractivity contribution < 1.29 is 22.3 Å². The molecule has 1 aliphatic rings. The Labute approximate surface area is 185 Å². The third-order valence-corrected chi connectivity index (χ3v) is 6.20. The Hall–Kier alpha value is -2.91. The van der Waals surface area contributed by atoms with E-state index in [9.17, 15) is 18.0 Å². The predicted molar refractivity (Wildman–Crippen MR) is 114 cm³/mol. The van der Waals surface area contributed by atoms with Crippen LogP contribution in [0.4, 0.5) is 13.2 Å². The molecule has 0 saturated heterocycles. The average molecular weight is 462 g/mol. The van der Waals surface area contributed by atoms with E-state index in [2.05, 4.69) is 0 Å². The Morgan fingerprint density at radius 2 is 1.81 bits per heavy atom. The van der Waals surface area contributed by atoms with E-state index in [0.717, 1.165) is 22.1 Å².